The molecule has 0 aromatic carbocycles. The van der Waals surface area contributed by atoms with Gasteiger partial charge >= 0.3 is 0 Å². The van der Waals surface area contributed by atoms with Crippen molar-refractivity contribution in [3.05, 3.63) is 0 Å². The van der Waals surface area contributed by atoms with Crippen LogP contribution in [0, 0.1) is 0 Å². The fourth-order valence-electron chi connectivity index (χ4n) is 3.04. The van der Waals surface area contributed by atoms with Gasteiger partial charge in [-0.3, -0.25) is 9.69 Å². The van der Waals surface area contributed by atoms with Crippen molar-refractivity contribution in [1.82, 2.24) is 9.80 Å². The highest BCUT2D eigenvalue weighted by molar-refractivity contribution is 5.85. The van der Waals surface area contributed by atoms with Crippen molar-refractivity contribution in [2.45, 2.75) is 44.2 Å². The van der Waals surface area contributed by atoms with Crippen LogP contribution in [0.4, 0.5) is 0 Å². The maximum Gasteiger partial charge on any atom is 0.236 e. The molecule has 1 saturated carbocycles. The average molecular weight is 306 g/mol. The number of likely N-dealkylation sites (N-methyl/N-ethyl adjacent to an activating group) is 1. The summed E-state index contributed by atoms with van der Waals surface area (Å²) < 4.78 is 5.52. The molecule has 118 valence electrons. The Labute approximate surface area is 128 Å². The highest BCUT2D eigenvalue weighted by atomic mass is 35.5. The Morgan fingerprint density at radius 1 is 1.35 bits per heavy atom. The van der Waals surface area contributed by atoms with Gasteiger partial charge in [-0.15, -0.1) is 12.4 Å². The zero-order chi connectivity index (χ0) is 13.7. The van der Waals surface area contributed by atoms with Crippen LogP contribution in [0.2, 0.25) is 0 Å². The van der Waals surface area contributed by atoms with Crippen LogP contribution in [0.25, 0.3) is 0 Å². The molecule has 1 aliphatic heterocycles. The van der Waals surface area contributed by atoms with E-state index in [1.54, 1.807) is 0 Å². The van der Waals surface area contributed by atoms with E-state index in [-0.39, 0.29) is 24.4 Å². The van der Waals surface area contributed by atoms with E-state index in [0.29, 0.717) is 25.7 Å². The molecule has 2 aliphatic rings. The normalized spacial score (nSPS) is 25.0. The number of carbonyl (C=O) groups excluding carboxylic acids is 1. The molecule has 1 amide bonds. The molecule has 2 rings (SSSR count). The van der Waals surface area contributed by atoms with Gasteiger partial charge in [-0.25, -0.2) is 0 Å². The fourth-order valence-corrected chi connectivity index (χ4v) is 3.04. The number of halogens is 1. The number of rotatable bonds is 4. The van der Waals surface area contributed by atoms with E-state index in [0.717, 1.165) is 25.9 Å². The first kappa shape index (κ1) is 17.7. The molecular weight excluding hydrogens is 278 g/mol. The summed E-state index contributed by atoms with van der Waals surface area (Å²) in [5.41, 5.74) is 5.63. The Hall–Kier alpha value is -0.360. The number of hydrogen-bond donors (Lipinski definition) is 1. The van der Waals surface area contributed by atoms with Gasteiger partial charge in [-0.05, 0) is 12.8 Å². The van der Waals surface area contributed by atoms with Gasteiger partial charge in [-0.1, -0.05) is 19.3 Å². The van der Waals surface area contributed by atoms with Gasteiger partial charge < -0.3 is 15.4 Å². The quantitative estimate of drug-likeness (QED) is 0.837. The van der Waals surface area contributed by atoms with E-state index < -0.39 is 0 Å². The lowest BCUT2D eigenvalue weighted by Gasteiger charge is -2.35. The molecule has 2 N–H and O–H groups in total. The molecule has 0 spiro atoms. The van der Waals surface area contributed by atoms with Crippen LogP contribution in [0.5, 0.6) is 0 Å². The minimum atomic E-state index is 0. The molecule has 1 atom stereocenters. The molecule has 0 aromatic rings. The summed E-state index contributed by atoms with van der Waals surface area (Å²) in [6, 6.07) is 0.451. The smallest absolute Gasteiger partial charge is 0.236 e. The first-order valence-corrected chi connectivity index (χ1v) is 7.50. The monoisotopic (exact) mass is 305 g/mol. The number of hydrogen-bond acceptors (Lipinski definition) is 4. The molecule has 1 unspecified atom stereocenters. The molecular formula is C14H28ClN3O2. The first-order valence-electron chi connectivity index (χ1n) is 7.50. The first-order chi connectivity index (χ1) is 9.20. The van der Waals surface area contributed by atoms with Gasteiger partial charge in [-0.2, -0.15) is 0 Å². The van der Waals surface area contributed by atoms with Crippen LogP contribution >= 0.6 is 12.4 Å². The zero-order valence-corrected chi connectivity index (χ0v) is 13.2. The third kappa shape index (κ3) is 4.88. The zero-order valence-electron chi connectivity index (χ0n) is 12.4. The van der Waals surface area contributed by atoms with Crippen molar-refractivity contribution >= 4 is 18.3 Å². The molecule has 1 aliphatic carbocycles. The summed E-state index contributed by atoms with van der Waals surface area (Å²) in [5, 5.41) is 0. The highest BCUT2D eigenvalue weighted by Gasteiger charge is 2.26. The number of amides is 1. The van der Waals surface area contributed by atoms with Crippen molar-refractivity contribution in [1.29, 1.82) is 0 Å². The van der Waals surface area contributed by atoms with E-state index in [9.17, 15) is 4.79 Å². The number of nitrogens with two attached hydrogens (primary N) is 1. The molecule has 0 radical (unpaired) electrons. The molecule has 0 bridgehead atoms. The van der Waals surface area contributed by atoms with Crippen LogP contribution in [0.1, 0.15) is 32.1 Å². The summed E-state index contributed by atoms with van der Waals surface area (Å²) in [4.78, 5) is 16.5. The molecule has 1 heterocycles. The van der Waals surface area contributed by atoms with Gasteiger partial charge in [0.15, 0.2) is 0 Å². The van der Waals surface area contributed by atoms with Crippen LogP contribution in [0.15, 0.2) is 0 Å². The third-order valence-electron chi connectivity index (χ3n) is 4.36. The predicted molar refractivity (Wildman–Crippen MR) is 82.1 cm³/mol. The number of nitrogens with zero attached hydrogens (tertiary/aromatic N) is 2. The largest absolute Gasteiger partial charge is 0.374 e. The molecule has 1 saturated heterocycles. The average Bonchev–Trinajstić information content (AvgIpc) is 2.47. The Balaban J connectivity index is 0.00000200. The maximum atomic E-state index is 12.3. The summed E-state index contributed by atoms with van der Waals surface area (Å²) >= 11 is 0. The molecule has 0 aromatic heterocycles. The van der Waals surface area contributed by atoms with Gasteiger partial charge in [0.05, 0.1) is 19.3 Å². The fraction of sp³-hybridized carbons (Fsp3) is 0.929. The minimum absolute atomic E-state index is 0. The molecule has 6 heteroatoms. The van der Waals surface area contributed by atoms with Crippen LogP contribution in [0.3, 0.4) is 0 Å². The molecule has 5 nitrogen and oxygen atoms in total. The number of morpholine rings is 1. The molecule has 2 fully saturated rings. The van der Waals surface area contributed by atoms with Crippen molar-refractivity contribution in [2.24, 2.45) is 5.73 Å². The van der Waals surface area contributed by atoms with Gasteiger partial charge in [0.2, 0.25) is 5.91 Å². The molecule has 20 heavy (non-hydrogen) atoms. The van der Waals surface area contributed by atoms with Gasteiger partial charge in [0.25, 0.3) is 0 Å². The Morgan fingerprint density at radius 3 is 2.70 bits per heavy atom. The Kier molecular flexibility index (Phi) is 7.80. The second-order valence-corrected chi connectivity index (χ2v) is 5.76. The van der Waals surface area contributed by atoms with Crippen LogP contribution < -0.4 is 5.73 Å². The van der Waals surface area contributed by atoms with Crippen molar-refractivity contribution < 1.29 is 9.53 Å². The summed E-state index contributed by atoms with van der Waals surface area (Å²) in [7, 11) is 1.96. The lowest BCUT2D eigenvalue weighted by molar-refractivity contribution is -0.135. The lowest BCUT2D eigenvalue weighted by atomic mass is 9.94. The van der Waals surface area contributed by atoms with E-state index in [1.165, 1.54) is 19.3 Å². The lowest BCUT2D eigenvalue weighted by Crippen LogP contribution is -2.50. The van der Waals surface area contributed by atoms with E-state index in [4.69, 9.17) is 10.5 Å². The second kappa shape index (κ2) is 8.82. The van der Waals surface area contributed by atoms with Crippen molar-refractivity contribution in [2.75, 3.05) is 39.8 Å². The van der Waals surface area contributed by atoms with Crippen molar-refractivity contribution in [3.8, 4) is 0 Å². The minimum Gasteiger partial charge on any atom is -0.374 e. The third-order valence-corrected chi connectivity index (χ3v) is 4.36. The van der Waals surface area contributed by atoms with Gasteiger partial charge in [0.1, 0.15) is 0 Å². The number of ether oxygens (including phenoxy) is 1. The second-order valence-electron chi connectivity index (χ2n) is 5.76. The standard InChI is InChI=1S/C14H27N3O2.ClH/c1-16(12-5-3-2-4-6-12)14(18)11-17-7-8-19-13(9-15)10-17;/h12-13H,2-11,15H2,1H3;1H. The topological polar surface area (TPSA) is 58.8 Å². The summed E-state index contributed by atoms with van der Waals surface area (Å²) in [6.45, 7) is 3.33. The Morgan fingerprint density at radius 2 is 2.05 bits per heavy atom. The van der Waals surface area contributed by atoms with Crippen LogP contribution in [-0.4, -0.2) is 67.7 Å². The van der Waals surface area contributed by atoms with E-state index in [1.807, 2.05) is 11.9 Å². The SMILES string of the molecule is CN(C(=O)CN1CCOC(CN)C1)C1CCCCC1.Cl. The number of carbonyl (C=O) groups is 1. The summed E-state index contributed by atoms with van der Waals surface area (Å²) in [5.74, 6) is 0.240. The van der Waals surface area contributed by atoms with Crippen LogP contribution in [-0.2, 0) is 9.53 Å². The van der Waals surface area contributed by atoms with Gasteiger partial charge in [0, 0.05) is 32.7 Å². The Bertz CT molecular complexity index is 298. The highest BCUT2D eigenvalue weighted by Crippen LogP contribution is 2.21. The van der Waals surface area contributed by atoms with E-state index in [2.05, 4.69) is 4.90 Å². The maximum absolute atomic E-state index is 12.3. The summed E-state index contributed by atoms with van der Waals surface area (Å²) in [6.07, 6.45) is 6.25. The van der Waals surface area contributed by atoms with Crippen molar-refractivity contribution in [3.63, 3.8) is 0 Å². The predicted octanol–water partition coefficient (Wildman–Crippen LogP) is 0.859. The van der Waals surface area contributed by atoms with E-state index >= 15 is 0 Å².